The predicted octanol–water partition coefficient (Wildman–Crippen LogP) is 0.186. The van der Waals surface area contributed by atoms with Crippen LogP contribution in [0.25, 0.3) is 0 Å². The largest absolute Gasteiger partial charge is 0.389 e. The molecule has 4 aliphatic heterocycles. The number of hydrogen-bond acceptors (Lipinski definition) is 7. The Labute approximate surface area is 180 Å². The minimum Gasteiger partial charge on any atom is -0.389 e. The van der Waals surface area contributed by atoms with Crippen LogP contribution in [0.2, 0.25) is 0 Å². The molecule has 8 nitrogen and oxygen atoms in total. The number of piperazine rings is 1. The van der Waals surface area contributed by atoms with Crippen molar-refractivity contribution in [2.75, 3.05) is 72.7 Å². The number of likely N-dealkylation sites (N-methyl/N-ethyl adjacent to an activating group) is 1. The number of aliphatic hydroxyl groups excluding tert-OH is 1. The van der Waals surface area contributed by atoms with E-state index in [9.17, 15) is 9.90 Å². The molecule has 0 unspecified atom stereocenters. The third kappa shape index (κ3) is 5.93. The SMILES string of the molecule is CN1CCN(C(=O)C[C@H]2CC[C@H]3[C@@H](COC[C@H](O)CN3CC3CCOCC3)O2)CC1. The van der Waals surface area contributed by atoms with E-state index in [-0.39, 0.29) is 24.2 Å². The Morgan fingerprint density at radius 3 is 2.53 bits per heavy atom. The fourth-order valence-electron chi connectivity index (χ4n) is 5.30. The van der Waals surface area contributed by atoms with Crippen molar-refractivity contribution in [1.82, 2.24) is 14.7 Å². The summed E-state index contributed by atoms with van der Waals surface area (Å²) < 4.78 is 17.7. The van der Waals surface area contributed by atoms with Crippen LogP contribution in [0.3, 0.4) is 0 Å². The lowest BCUT2D eigenvalue weighted by molar-refractivity contribution is -0.162. The van der Waals surface area contributed by atoms with Gasteiger partial charge in [-0.25, -0.2) is 0 Å². The van der Waals surface area contributed by atoms with E-state index in [1.54, 1.807) is 0 Å². The first-order valence-electron chi connectivity index (χ1n) is 11.8. The molecule has 4 atom stereocenters. The highest BCUT2D eigenvalue weighted by molar-refractivity contribution is 5.76. The Bertz CT molecular complexity index is 551. The number of rotatable bonds is 4. The summed E-state index contributed by atoms with van der Waals surface area (Å²) in [5, 5.41) is 10.4. The smallest absolute Gasteiger partial charge is 0.225 e. The van der Waals surface area contributed by atoms with Crippen LogP contribution < -0.4 is 0 Å². The zero-order valence-corrected chi connectivity index (χ0v) is 18.4. The van der Waals surface area contributed by atoms with Gasteiger partial charge in [-0.1, -0.05) is 0 Å². The van der Waals surface area contributed by atoms with Crippen molar-refractivity contribution in [1.29, 1.82) is 0 Å². The summed E-state index contributed by atoms with van der Waals surface area (Å²) in [4.78, 5) is 19.5. The monoisotopic (exact) mass is 425 g/mol. The van der Waals surface area contributed by atoms with Gasteiger partial charge in [0, 0.05) is 58.5 Å². The standard InChI is InChI=1S/C22H39N3O5/c1-23-6-8-24(9-7-23)22(27)12-19-2-3-20-21(30-19)16-29-15-18(26)14-25(20)13-17-4-10-28-11-5-17/h17-21,26H,2-16H2,1H3/t18-,19-,20+,21-/m1/s1. The zero-order chi connectivity index (χ0) is 20.9. The summed E-state index contributed by atoms with van der Waals surface area (Å²) in [5.41, 5.74) is 0. The van der Waals surface area contributed by atoms with Crippen LogP contribution in [0.5, 0.6) is 0 Å². The maximum absolute atomic E-state index is 12.8. The van der Waals surface area contributed by atoms with Crippen LogP contribution in [0.15, 0.2) is 0 Å². The van der Waals surface area contributed by atoms with Crippen LogP contribution in [-0.4, -0.2) is 123 Å². The fourth-order valence-corrected chi connectivity index (χ4v) is 5.30. The molecule has 0 spiro atoms. The predicted molar refractivity (Wildman–Crippen MR) is 112 cm³/mol. The first-order chi connectivity index (χ1) is 14.6. The first-order valence-corrected chi connectivity index (χ1v) is 11.8. The van der Waals surface area contributed by atoms with Gasteiger partial charge in [0.15, 0.2) is 0 Å². The average Bonchev–Trinajstić information content (AvgIpc) is 2.74. The molecule has 4 rings (SSSR count). The molecule has 4 fully saturated rings. The van der Waals surface area contributed by atoms with Crippen LogP contribution in [-0.2, 0) is 19.0 Å². The molecule has 0 bridgehead atoms. The van der Waals surface area contributed by atoms with E-state index in [0.29, 0.717) is 32.1 Å². The van der Waals surface area contributed by atoms with E-state index in [4.69, 9.17) is 14.2 Å². The highest BCUT2D eigenvalue weighted by Crippen LogP contribution is 2.29. The summed E-state index contributed by atoms with van der Waals surface area (Å²) in [6, 6.07) is 0.248. The topological polar surface area (TPSA) is 74.7 Å². The Morgan fingerprint density at radius 1 is 1.00 bits per heavy atom. The number of nitrogens with zero attached hydrogens (tertiary/aromatic N) is 3. The van der Waals surface area contributed by atoms with Crippen LogP contribution in [0.1, 0.15) is 32.1 Å². The number of fused-ring (bicyclic) bond motifs is 1. The Morgan fingerprint density at radius 2 is 1.77 bits per heavy atom. The lowest BCUT2D eigenvalue weighted by Gasteiger charge is -2.46. The second kappa shape index (κ2) is 10.7. The molecule has 30 heavy (non-hydrogen) atoms. The van der Waals surface area contributed by atoms with E-state index in [2.05, 4.69) is 16.8 Å². The lowest BCUT2D eigenvalue weighted by atomic mass is 9.92. The van der Waals surface area contributed by atoms with Gasteiger partial charge in [0.05, 0.1) is 37.9 Å². The van der Waals surface area contributed by atoms with Crippen molar-refractivity contribution in [3.8, 4) is 0 Å². The van der Waals surface area contributed by atoms with E-state index in [1.165, 1.54) is 0 Å². The molecule has 8 heteroatoms. The van der Waals surface area contributed by atoms with Crippen LogP contribution >= 0.6 is 0 Å². The minimum atomic E-state index is -0.456. The molecule has 4 heterocycles. The van der Waals surface area contributed by atoms with Crippen molar-refractivity contribution < 1.29 is 24.1 Å². The molecular weight excluding hydrogens is 386 g/mol. The highest BCUT2D eigenvalue weighted by atomic mass is 16.5. The second-order valence-electron chi connectivity index (χ2n) is 9.53. The van der Waals surface area contributed by atoms with Gasteiger partial charge in [-0.2, -0.15) is 0 Å². The van der Waals surface area contributed by atoms with Crippen molar-refractivity contribution in [2.24, 2.45) is 5.92 Å². The number of carbonyl (C=O) groups is 1. The quantitative estimate of drug-likeness (QED) is 0.689. The third-order valence-electron chi connectivity index (χ3n) is 7.18. The van der Waals surface area contributed by atoms with Crippen molar-refractivity contribution in [3.63, 3.8) is 0 Å². The van der Waals surface area contributed by atoms with Crippen LogP contribution in [0, 0.1) is 5.92 Å². The molecule has 0 radical (unpaired) electrons. The van der Waals surface area contributed by atoms with Crippen LogP contribution in [0.4, 0.5) is 0 Å². The zero-order valence-electron chi connectivity index (χ0n) is 18.4. The number of β-amino-alcohol motifs (C(OH)–C–C–N with tert-alkyl or cyclic N) is 1. The second-order valence-corrected chi connectivity index (χ2v) is 9.53. The molecule has 0 aromatic heterocycles. The molecular formula is C22H39N3O5. The minimum absolute atomic E-state index is 0.0311. The summed E-state index contributed by atoms with van der Waals surface area (Å²) in [6.45, 7) is 7.65. The van der Waals surface area contributed by atoms with Gasteiger partial charge in [-0.05, 0) is 38.6 Å². The summed E-state index contributed by atoms with van der Waals surface area (Å²) in [6.07, 6.45) is 4.00. The van der Waals surface area contributed by atoms with E-state index < -0.39 is 6.10 Å². The summed E-state index contributed by atoms with van der Waals surface area (Å²) in [5.74, 6) is 0.830. The molecule has 4 saturated heterocycles. The van der Waals surface area contributed by atoms with Gasteiger partial charge in [-0.15, -0.1) is 0 Å². The van der Waals surface area contributed by atoms with E-state index in [1.807, 2.05) is 4.90 Å². The molecule has 0 aromatic rings. The number of carbonyl (C=O) groups excluding carboxylic acids is 1. The van der Waals surface area contributed by atoms with Gasteiger partial charge < -0.3 is 29.1 Å². The summed E-state index contributed by atoms with van der Waals surface area (Å²) in [7, 11) is 2.10. The van der Waals surface area contributed by atoms with Gasteiger partial charge in [0.25, 0.3) is 0 Å². The average molecular weight is 426 g/mol. The maximum atomic E-state index is 12.8. The van der Waals surface area contributed by atoms with Crippen molar-refractivity contribution in [3.05, 3.63) is 0 Å². The molecule has 1 amide bonds. The van der Waals surface area contributed by atoms with E-state index >= 15 is 0 Å². The van der Waals surface area contributed by atoms with Gasteiger partial charge in [0.2, 0.25) is 5.91 Å². The van der Waals surface area contributed by atoms with E-state index in [0.717, 1.165) is 71.6 Å². The first kappa shape index (κ1) is 22.4. The highest BCUT2D eigenvalue weighted by Gasteiger charge is 2.39. The Balaban J connectivity index is 1.33. The van der Waals surface area contributed by atoms with Gasteiger partial charge in [0.1, 0.15) is 0 Å². The molecule has 4 aliphatic rings. The number of hydrogen-bond donors (Lipinski definition) is 1. The van der Waals surface area contributed by atoms with Gasteiger partial charge >= 0.3 is 0 Å². The lowest BCUT2D eigenvalue weighted by Crippen LogP contribution is -2.57. The van der Waals surface area contributed by atoms with Crippen molar-refractivity contribution >= 4 is 5.91 Å². The molecule has 172 valence electrons. The maximum Gasteiger partial charge on any atom is 0.225 e. The summed E-state index contributed by atoms with van der Waals surface area (Å²) >= 11 is 0. The Kier molecular flexibility index (Phi) is 8.00. The normalized spacial score (nSPS) is 35.5. The van der Waals surface area contributed by atoms with Crippen molar-refractivity contribution in [2.45, 2.75) is 56.5 Å². The molecule has 0 saturated carbocycles. The molecule has 0 aliphatic carbocycles. The number of aliphatic hydroxyl groups is 1. The van der Waals surface area contributed by atoms with Gasteiger partial charge in [-0.3, -0.25) is 9.69 Å². The Hall–Kier alpha value is -0.770. The molecule has 0 aromatic carbocycles. The number of ether oxygens (including phenoxy) is 3. The fraction of sp³-hybridized carbons (Fsp3) is 0.955. The number of amides is 1. The third-order valence-corrected chi connectivity index (χ3v) is 7.18. The molecule has 1 N–H and O–H groups in total.